The molecule has 0 aromatic heterocycles. The smallest absolute Gasteiger partial charge is 0.387 e. The standard InChI is InChI=1S/C16H21F2N3O/c1-12(6-9-19)21-10-7-14(8-11-21)20-13-2-4-15(5-3-13)22-16(17)18/h2-5,12,14,16,20H,6-8,10-11H2,1H3/t12-/m1/s1. The second-order valence-corrected chi connectivity index (χ2v) is 5.57. The number of alkyl halides is 2. The fraction of sp³-hybridized carbons (Fsp3) is 0.562. The van der Waals surface area contributed by atoms with Gasteiger partial charge in [-0.1, -0.05) is 0 Å². The van der Waals surface area contributed by atoms with E-state index < -0.39 is 6.61 Å². The van der Waals surface area contributed by atoms with Crippen LogP contribution in [0.15, 0.2) is 24.3 Å². The van der Waals surface area contributed by atoms with Crippen molar-refractivity contribution in [3.05, 3.63) is 24.3 Å². The van der Waals surface area contributed by atoms with Crippen molar-refractivity contribution in [3.8, 4) is 11.8 Å². The van der Waals surface area contributed by atoms with Gasteiger partial charge in [0, 0.05) is 30.9 Å². The van der Waals surface area contributed by atoms with Gasteiger partial charge >= 0.3 is 6.61 Å². The number of nitriles is 1. The van der Waals surface area contributed by atoms with Crippen LogP contribution in [-0.4, -0.2) is 36.7 Å². The lowest BCUT2D eigenvalue weighted by molar-refractivity contribution is -0.0498. The monoisotopic (exact) mass is 309 g/mol. The number of nitrogens with zero attached hydrogens (tertiary/aromatic N) is 2. The number of hydrogen-bond acceptors (Lipinski definition) is 4. The Bertz CT molecular complexity index is 493. The quantitative estimate of drug-likeness (QED) is 0.874. The van der Waals surface area contributed by atoms with Crippen molar-refractivity contribution in [1.29, 1.82) is 5.26 Å². The first kappa shape index (κ1) is 16.5. The Balaban J connectivity index is 1.79. The lowest BCUT2D eigenvalue weighted by Gasteiger charge is -2.35. The molecule has 1 saturated heterocycles. The zero-order valence-corrected chi connectivity index (χ0v) is 12.6. The van der Waals surface area contributed by atoms with Gasteiger partial charge in [0.1, 0.15) is 5.75 Å². The molecule has 0 unspecified atom stereocenters. The van der Waals surface area contributed by atoms with E-state index in [0.717, 1.165) is 31.6 Å². The molecule has 2 rings (SSSR count). The molecule has 1 aliphatic rings. The lowest BCUT2D eigenvalue weighted by atomic mass is 10.0. The maximum atomic E-state index is 12.1. The molecule has 1 N–H and O–H groups in total. The Morgan fingerprint density at radius 3 is 2.50 bits per heavy atom. The molecule has 120 valence electrons. The van der Waals surface area contributed by atoms with Crippen molar-refractivity contribution in [2.24, 2.45) is 0 Å². The Morgan fingerprint density at radius 2 is 1.95 bits per heavy atom. The average molecular weight is 309 g/mol. The summed E-state index contributed by atoms with van der Waals surface area (Å²) >= 11 is 0. The molecule has 0 amide bonds. The third kappa shape index (κ3) is 4.85. The topological polar surface area (TPSA) is 48.3 Å². The summed E-state index contributed by atoms with van der Waals surface area (Å²) in [4.78, 5) is 2.33. The van der Waals surface area contributed by atoms with Crippen LogP contribution in [0, 0.1) is 11.3 Å². The summed E-state index contributed by atoms with van der Waals surface area (Å²) in [5.74, 6) is 0.167. The predicted octanol–water partition coefficient (Wildman–Crippen LogP) is 3.47. The first-order valence-corrected chi connectivity index (χ1v) is 7.51. The number of nitrogens with one attached hydrogen (secondary N) is 1. The maximum Gasteiger partial charge on any atom is 0.387 e. The molecule has 0 saturated carbocycles. The van der Waals surface area contributed by atoms with E-state index in [2.05, 4.69) is 27.9 Å². The minimum atomic E-state index is -2.79. The summed E-state index contributed by atoms with van der Waals surface area (Å²) in [7, 11) is 0. The van der Waals surface area contributed by atoms with Gasteiger partial charge < -0.3 is 10.1 Å². The first-order chi connectivity index (χ1) is 10.6. The Labute approximate surface area is 129 Å². The summed E-state index contributed by atoms with van der Waals surface area (Å²) in [5.41, 5.74) is 0.908. The van der Waals surface area contributed by atoms with Crippen molar-refractivity contribution in [3.63, 3.8) is 0 Å². The van der Waals surface area contributed by atoms with Crippen molar-refractivity contribution in [2.45, 2.75) is 44.9 Å². The van der Waals surface area contributed by atoms with E-state index in [-0.39, 0.29) is 5.75 Å². The van der Waals surface area contributed by atoms with E-state index >= 15 is 0 Å². The van der Waals surface area contributed by atoms with Gasteiger partial charge in [0.2, 0.25) is 0 Å². The van der Waals surface area contributed by atoms with Crippen LogP contribution in [-0.2, 0) is 0 Å². The van der Waals surface area contributed by atoms with Crippen LogP contribution in [0.4, 0.5) is 14.5 Å². The zero-order valence-electron chi connectivity index (χ0n) is 12.6. The largest absolute Gasteiger partial charge is 0.435 e. The maximum absolute atomic E-state index is 12.1. The molecule has 1 aromatic rings. The van der Waals surface area contributed by atoms with Crippen LogP contribution in [0.5, 0.6) is 5.75 Å². The van der Waals surface area contributed by atoms with Gasteiger partial charge in [-0.05, 0) is 44.0 Å². The second-order valence-electron chi connectivity index (χ2n) is 5.57. The number of anilines is 1. The van der Waals surface area contributed by atoms with E-state index in [1.54, 1.807) is 24.3 Å². The van der Waals surface area contributed by atoms with Crippen molar-refractivity contribution in [2.75, 3.05) is 18.4 Å². The molecule has 0 spiro atoms. The normalized spacial score (nSPS) is 18.0. The minimum Gasteiger partial charge on any atom is -0.435 e. The molecular formula is C16H21F2N3O. The fourth-order valence-corrected chi connectivity index (χ4v) is 2.71. The summed E-state index contributed by atoms with van der Waals surface area (Å²) in [5, 5.41) is 12.2. The SMILES string of the molecule is C[C@H](CC#N)N1CCC(Nc2ccc(OC(F)F)cc2)CC1. The minimum absolute atomic E-state index is 0.167. The van der Waals surface area contributed by atoms with E-state index in [9.17, 15) is 8.78 Å². The highest BCUT2D eigenvalue weighted by atomic mass is 19.3. The number of piperidine rings is 1. The molecule has 6 heteroatoms. The third-order valence-corrected chi connectivity index (χ3v) is 3.99. The molecule has 0 aliphatic carbocycles. The van der Waals surface area contributed by atoms with Gasteiger partial charge in [0.25, 0.3) is 0 Å². The van der Waals surface area contributed by atoms with E-state index in [4.69, 9.17) is 5.26 Å². The molecule has 1 aliphatic heterocycles. The molecule has 22 heavy (non-hydrogen) atoms. The molecular weight excluding hydrogens is 288 g/mol. The summed E-state index contributed by atoms with van der Waals surface area (Å²) in [6.45, 7) is 1.22. The molecule has 1 atom stereocenters. The highest BCUT2D eigenvalue weighted by Crippen LogP contribution is 2.21. The van der Waals surface area contributed by atoms with Crippen LogP contribution in [0.1, 0.15) is 26.2 Å². The van der Waals surface area contributed by atoms with E-state index in [0.29, 0.717) is 18.5 Å². The molecule has 1 heterocycles. The molecule has 1 fully saturated rings. The van der Waals surface area contributed by atoms with Gasteiger partial charge in [0.05, 0.1) is 12.5 Å². The average Bonchev–Trinajstić information content (AvgIpc) is 2.50. The molecule has 0 bridgehead atoms. The molecule has 1 aromatic carbocycles. The van der Waals surface area contributed by atoms with Crippen LogP contribution in [0.25, 0.3) is 0 Å². The number of likely N-dealkylation sites (tertiary alicyclic amines) is 1. The molecule has 0 radical (unpaired) electrons. The highest BCUT2D eigenvalue weighted by Gasteiger charge is 2.22. The number of benzene rings is 1. The number of halogens is 2. The summed E-state index contributed by atoms with van der Waals surface area (Å²) in [6, 6.07) is 9.47. The third-order valence-electron chi connectivity index (χ3n) is 3.99. The van der Waals surface area contributed by atoms with Crippen LogP contribution in [0.3, 0.4) is 0 Å². The first-order valence-electron chi connectivity index (χ1n) is 7.51. The van der Waals surface area contributed by atoms with Crippen LogP contribution < -0.4 is 10.1 Å². The fourth-order valence-electron chi connectivity index (χ4n) is 2.71. The van der Waals surface area contributed by atoms with Crippen molar-refractivity contribution < 1.29 is 13.5 Å². The number of ether oxygens (including phenoxy) is 1. The van der Waals surface area contributed by atoms with Gasteiger partial charge in [-0.2, -0.15) is 14.0 Å². The highest BCUT2D eigenvalue weighted by molar-refractivity contribution is 5.47. The van der Waals surface area contributed by atoms with Gasteiger partial charge in [-0.3, -0.25) is 4.90 Å². The Kier molecular flexibility index (Phi) is 5.96. The van der Waals surface area contributed by atoms with Crippen molar-refractivity contribution >= 4 is 5.69 Å². The molecule has 4 nitrogen and oxygen atoms in total. The van der Waals surface area contributed by atoms with Crippen molar-refractivity contribution in [1.82, 2.24) is 4.90 Å². The summed E-state index contributed by atoms with van der Waals surface area (Å²) < 4.78 is 28.5. The van der Waals surface area contributed by atoms with Crippen LogP contribution in [0.2, 0.25) is 0 Å². The van der Waals surface area contributed by atoms with Crippen LogP contribution >= 0.6 is 0 Å². The van der Waals surface area contributed by atoms with Gasteiger partial charge in [-0.15, -0.1) is 0 Å². The van der Waals surface area contributed by atoms with E-state index in [1.165, 1.54) is 0 Å². The van der Waals surface area contributed by atoms with Gasteiger partial charge in [0.15, 0.2) is 0 Å². The zero-order chi connectivity index (χ0) is 15.9. The van der Waals surface area contributed by atoms with Gasteiger partial charge in [-0.25, -0.2) is 0 Å². The number of hydrogen-bond donors (Lipinski definition) is 1. The summed E-state index contributed by atoms with van der Waals surface area (Å²) in [6.07, 6.45) is 2.57. The number of rotatable bonds is 6. The second kappa shape index (κ2) is 7.95. The predicted molar refractivity (Wildman–Crippen MR) is 81.0 cm³/mol. The Hall–Kier alpha value is -1.87. The Morgan fingerprint density at radius 1 is 1.32 bits per heavy atom. The lowest BCUT2D eigenvalue weighted by Crippen LogP contribution is -2.43. The van der Waals surface area contributed by atoms with E-state index in [1.807, 2.05) is 0 Å².